The Morgan fingerprint density at radius 1 is 0.827 bits per heavy atom. The summed E-state index contributed by atoms with van der Waals surface area (Å²) >= 11 is 0. The Balaban J connectivity index is 1.79. The number of allylic oxidation sites excluding steroid dienone is 5. The predicted octanol–water partition coefficient (Wildman–Crippen LogP) is 13.9. The summed E-state index contributed by atoms with van der Waals surface area (Å²) in [4.78, 5) is 0. The van der Waals surface area contributed by atoms with Gasteiger partial charge in [-0.2, -0.15) is 0 Å². The zero-order valence-electron chi connectivity index (χ0n) is 37.3. The van der Waals surface area contributed by atoms with Crippen molar-refractivity contribution in [3.05, 3.63) is 47.1 Å². The smallest absolute Gasteiger partial charge is 0.195 e. The van der Waals surface area contributed by atoms with E-state index in [1.807, 2.05) is 0 Å². The molecule has 4 aliphatic carbocycles. The summed E-state index contributed by atoms with van der Waals surface area (Å²) in [6, 6.07) is 3.44. The minimum Gasteiger partial charge on any atom is -0.413 e. The fourth-order valence-corrected chi connectivity index (χ4v) is 15.8. The summed E-state index contributed by atoms with van der Waals surface area (Å²) in [5.74, 6) is 0.319. The second-order valence-corrected chi connectivity index (χ2v) is 35.4. The molecule has 52 heavy (non-hydrogen) atoms. The molecule has 2 fully saturated rings. The number of rotatable bonds is 14. The Labute approximate surface area is 325 Å². The van der Waals surface area contributed by atoms with E-state index < -0.39 is 30.7 Å². The van der Waals surface area contributed by atoms with Gasteiger partial charge < -0.3 is 18.0 Å². The highest BCUT2D eigenvalue weighted by Gasteiger charge is 2.62. The van der Waals surface area contributed by atoms with Crippen molar-refractivity contribution in [1.29, 1.82) is 0 Å². The van der Waals surface area contributed by atoms with Crippen LogP contribution in [0.5, 0.6) is 0 Å². The lowest BCUT2D eigenvalue weighted by Crippen LogP contribution is -2.62. The van der Waals surface area contributed by atoms with Gasteiger partial charge in [0, 0.05) is 18.3 Å². The van der Waals surface area contributed by atoms with Gasteiger partial charge in [0.1, 0.15) is 0 Å². The maximum Gasteiger partial charge on any atom is 0.195 e. The van der Waals surface area contributed by atoms with E-state index in [9.17, 15) is 0 Å². The molecule has 6 atom stereocenters. The fourth-order valence-electron chi connectivity index (χ4n) is 9.86. The Bertz CT molecular complexity index is 1400. The van der Waals surface area contributed by atoms with Gasteiger partial charge in [-0.3, -0.25) is 0 Å². The minimum absolute atomic E-state index is 0.00487. The number of ether oxygens (including phenoxy) is 1. The van der Waals surface area contributed by atoms with Crippen molar-refractivity contribution in [1.82, 2.24) is 0 Å². The first-order valence-electron chi connectivity index (χ1n) is 21.2. The van der Waals surface area contributed by atoms with Crippen molar-refractivity contribution in [2.45, 2.75) is 207 Å². The van der Waals surface area contributed by atoms with E-state index in [4.69, 9.17) is 18.0 Å². The molecule has 4 nitrogen and oxygen atoms in total. The van der Waals surface area contributed by atoms with Crippen LogP contribution in [0, 0.1) is 22.7 Å². The molecule has 0 unspecified atom stereocenters. The molecule has 7 heteroatoms. The van der Waals surface area contributed by atoms with E-state index in [1.54, 1.807) is 11.1 Å². The summed E-state index contributed by atoms with van der Waals surface area (Å²) < 4.78 is 29.5. The zero-order chi connectivity index (χ0) is 39.4. The second-order valence-electron chi connectivity index (χ2n) is 21.2. The quantitative estimate of drug-likeness (QED) is 0.100. The molecule has 4 aliphatic rings. The van der Waals surface area contributed by atoms with Gasteiger partial charge in [-0.15, -0.1) is 0 Å². The van der Waals surface area contributed by atoms with Gasteiger partial charge in [0.05, 0.1) is 18.3 Å². The molecule has 0 aromatic carbocycles. The number of fused-ring (bicyclic) bond motifs is 5. The minimum atomic E-state index is -2.25. The summed E-state index contributed by atoms with van der Waals surface area (Å²) in [5.41, 5.74) is 4.69. The van der Waals surface area contributed by atoms with Crippen LogP contribution < -0.4 is 0 Å². The number of hydrogen-bond acceptors (Lipinski definition) is 4. The van der Waals surface area contributed by atoms with Crippen LogP contribution >= 0.6 is 0 Å². The molecular weight excluding hydrogens is 689 g/mol. The van der Waals surface area contributed by atoms with Gasteiger partial charge in [0.15, 0.2) is 30.7 Å². The zero-order valence-corrected chi connectivity index (χ0v) is 40.3. The lowest BCUT2D eigenvalue weighted by Gasteiger charge is -2.61. The van der Waals surface area contributed by atoms with Crippen LogP contribution in [0.1, 0.15) is 135 Å². The van der Waals surface area contributed by atoms with Crippen molar-refractivity contribution in [2.24, 2.45) is 22.7 Å². The first kappa shape index (κ1) is 44.2. The van der Waals surface area contributed by atoms with Gasteiger partial charge in [0.2, 0.25) is 0 Å². The third kappa shape index (κ3) is 8.27. The predicted molar refractivity (Wildman–Crippen MR) is 231 cm³/mol. The molecule has 0 radical (unpaired) electrons. The van der Waals surface area contributed by atoms with Crippen LogP contribution in [0.4, 0.5) is 0 Å². The van der Waals surface area contributed by atoms with E-state index >= 15 is 0 Å². The average molecular weight is 771 g/mol. The van der Waals surface area contributed by atoms with Crippen molar-refractivity contribution < 1.29 is 18.0 Å². The molecule has 0 saturated heterocycles. The summed E-state index contributed by atoms with van der Waals surface area (Å²) in [6.07, 6.45) is 18.5. The van der Waals surface area contributed by atoms with Gasteiger partial charge in [-0.1, -0.05) is 130 Å². The first-order valence-corrected chi connectivity index (χ1v) is 29.6. The van der Waals surface area contributed by atoms with Crippen molar-refractivity contribution in [2.75, 3.05) is 6.61 Å². The monoisotopic (exact) mass is 771 g/mol. The van der Waals surface area contributed by atoms with Gasteiger partial charge in [-0.25, -0.2) is 0 Å². The van der Waals surface area contributed by atoms with Crippen LogP contribution in [-0.4, -0.2) is 49.1 Å². The highest BCUT2D eigenvalue weighted by Crippen LogP contribution is 2.66. The van der Waals surface area contributed by atoms with Crippen molar-refractivity contribution in [3.8, 4) is 0 Å². The Morgan fingerprint density at radius 2 is 1.42 bits per heavy atom. The maximum absolute atomic E-state index is 7.73. The average Bonchev–Trinajstić information content (AvgIpc) is 3.37. The molecule has 0 heterocycles. The highest BCUT2D eigenvalue weighted by molar-refractivity contribution is 6.74. The molecule has 0 N–H and O–H groups in total. The van der Waals surface area contributed by atoms with Crippen LogP contribution in [-0.2, 0) is 18.0 Å². The van der Waals surface area contributed by atoms with E-state index in [1.165, 1.54) is 31.3 Å². The Morgan fingerprint density at radius 3 is 1.96 bits per heavy atom. The van der Waals surface area contributed by atoms with E-state index in [0.29, 0.717) is 23.9 Å². The van der Waals surface area contributed by atoms with Crippen LogP contribution in [0.3, 0.4) is 0 Å². The van der Waals surface area contributed by atoms with Crippen LogP contribution in [0.15, 0.2) is 47.1 Å². The van der Waals surface area contributed by atoms with Crippen LogP contribution in [0.25, 0.3) is 0 Å². The molecule has 0 spiro atoms. The molecule has 2 saturated carbocycles. The lowest BCUT2D eigenvalue weighted by molar-refractivity contribution is -0.225. The molecule has 0 aromatic heterocycles. The van der Waals surface area contributed by atoms with E-state index in [2.05, 4.69) is 154 Å². The van der Waals surface area contributed by atoms with Gasteiger partial charge in [-0.05, 0) is 111 Å². The summed E-state index contributed by atoms with van der Waals surface area (Å²) in [6.45, 7) is 43.2. The molecule has 0 amide bonds. The third-order valence-electron chi connectivity index (χ3n) is 15.6. The summed E-state index contributed by atoms with van der Waals surface area (Å²) in [7, 11) is -6.18. The molecular formula is C45H82O4Si3. The first-order chi connectivity index (χ1) is 23.7. The topological polar surface area (TPSA) is 36.9 Å². The Hall–Kier alpha value is -0.549. The van der Waals surface area contributed by atoms with Gasteiger partial charge in [0.25, 0.3) is 0 Å². The molecule has 4 rings (SSSR count). The second kappa shape index (κ2) is 15.1. The molecule has 0 aliphatic heterocycles. The normalized spacial score (nSPS) is 31.9. The largest absolute Gasteiger partial charge is 0.413 e. The fraction of sp³-hybridized carbons (Fsp3) is 0.822. The molecule has 0 aromatic rings. The molecule has 298 valence electrons. The molecule has 0 bridgehead atoms. The van der Waals surface area contributed by atoms with Crippen molar-refractivity contribution in [3.63, 3.8) is 0 Å². The standard InChI is InChI=1S/C45H82O4Si3/c1-19-34-25-27-37-36-26-24-35-32-45(49-51(17,18)41(8,9)10,46-31-23-29-42(11,12)48-52(20-2,21-3)22-4)33-39(47-50(15,16)40(5,6)7)44(35,14)38(36)28-30-43(34,37)13/h23-26,29,37-39H,19-22,27-28,30-33H2,1-18H3/t37-,38-,39-,43+,44-,45+/m0/s1. The Kier molecular flexibility index (Phi) is 12.8. The SMILES string of the molecule is CCC1=CC[C@H]2C3=CC=C4C[C@@](OCC=CC(C)(C)O[Si](CC)(CC)CC)(O[Si](C)(C)C(C)(C)C)C[C@H](O[Si](C)(C)C(C)(C)C)[C@]4(C)[C@H]3CC[C@]12C. The van der Waals surface area contributed by atoms with Crippen LogP contribution in [0.2, 0.25) is 54.4 Å². The third-order valence-corrected chi connectivity index (χ3v) is 29.4. The van der Waals surface area contributed by atoms with E-state index in [0.717, 1.165) is 31.0 Å². The van der Waals surface area contributed by atoms with Crippen molar-refractivity contribution >= 4 is 25.0 Å². The maximum atomic E-state index is 7.73. The highest BCUT2D eigenvalue weighted by atomic mass is 28.4. The summed E-state index contributed by atoms with van der Waals surface area (Å²) in [5, 5.41) is 0.148. The lowest BCUT2D eigenvalue weighted by atomic mass is 9.49. The number of hydrogen-bond donors (Lipinski definition) is 0. The van der Waals surface area contributed by atoms with E-state index in [-0.39, 0.29) is 27.2 Å². The van der Waals surface area contributed by atoms with Gasteiger partial charge >= 0.3 is 0 Å².